The van der Waals surface area contributed by atoms with E-state index in [4.69, 9.17) is 4.42 Å². The number of rotatable bonds is 8. The van der Waals surface area contributed by atoms with Crippen LogP contribution in [-0.2, 0) is 19.6 Å². The highest BCUT2D eigenvalue weighted by Crippen LogP contribution is 2.34. The normalized spacial score (nSPS) is 20.1. The number of hydrogen-bond acceptors (Lipinski definition) is 8. The van der Waals surface area contributed by atoms with Crippen LogP contribution in [-0.4, -0.2) is 76.4 Å². The molecule has 2 amide bonds. The zero-order chi connectivity index (χ0) is 27.7. The van der Waals surface area contributed by atoms with Gasteiger partial charge in [0.2, 0.25) is 15.9 Å². The largest absolute Gasteiger partial charge is 0.444 e. The standard InChI is InChI=1S/C26H27N5O7S/c1-2-4-18(29-24(33)17-8-6-16(7-9-17)21-13-27-15-38-21)26(35)30-12-10-19-23(30)20(32)14-31(19)39(36,37)22-5-3-11-28-25(22)34/h3,5-9,11,13,15,18-19,23H,2,4,10,12,14H2,1H3,(H,28,34)(H,29,33). The Hall–Kier alpha value is -4.10. The molecule has 5 rings (SSSR count). The molecule has 0 aliphatic carbocycles. The minimum atomic E-state index is -4.26. The maximum Gasteiger partial charge on any atom is 0.268 e. The number of aromatic amines is 1. The van der Waals surface area contributed by atoms with E-state index in [9.17, 15) is 27.6 Å². The van der Waals surface area contributed by atoms with Crippen molar-refractivity contribution in [2.75, 3.05) is 13.1 Å². The fourth-order valence-corrected chi connectivity index (χ4v) is 6.88. The lowest BCUT2D eigenvalue weighted by Gasteiger charge is -2.28. The highest BCUT2D eigenvalue weighted by Gasteiger charge is 2.54. The summed E-state index contributed by atoms with van der Waals surface area (Å²) in [6.07, 6.45) is 5.36. The van der Waals surface area contributed by atoms with Gasteiger partial charge in [-0.2, -0.15) is 4.31 Å². The van der Waals surface area contributed by atoms with Crippen molar-refractivity contribution in [3.05, 3.63) is 71.1 Å². The van der Waals surface area contributed by atoms with Crippen molar-refractivity contribution >= 4 is 27.6 Å². The summed E-state index contributed by atoms with van der Waals surface area (Å²) in [7, 11) is -4.26. The number of amides is 2. The van der Waals surface area contributed by atoms with Crippen LogP contribution in [0.15, 0.2) is 69.3 Å². The van der Waals surface area contributed by atoms with Gasteiger partial charge in [0, 0.05) is 23.9 Å². The van der Waals surface area contributed by atoms with Gasteiger partial charge in [0.1, 0.15) is 17.0 Å². The van der Waals surface area contributed by atoms with E-state index in [0.29, 0.717) is 24.2 Å². The second-order valence-corrected chi connectivity index (χ2v) is 11.3. The molecule has 2 aliphatic heterocycles. The average molecular weight is 554 g/mol. The molecule has 0 radical (unpaired) electrons. The monoisotopic (exact) mass is 553 g/mol. The number of Topliss-reactive ketones (excluding diaryl/α,β-unsaturated/α-hetero) is 1. The van der Waals surface area contributed by atoms with Gasteiger partial charge in [0.15, 0.2) is 17.9 Å². The third kappa shape index (κ3) is 4.90. The molecule has 4 heterocycles. The van der Waals surface area contributed by atoms with Crippen molar-refractivity contribution in [1.29, 1.82) is 0 Å². The number of fused-ring (bicyclic) bond motifs is 1. The molecule has 12 nitrogen and oxygen atoms in total. The number of oxazole rings is 1. The van der Waals surface area contributed by atoms with Crippen LogP contribution in [0.1, 0.15) is 36.5 Å². The summed E-state index contributed by atoms with van der Waals surface area (Å²) in [5.74, 6) is -0.766. The highest BCUT2D eigenvalue weighted by molar-refractivity contribution is 7.89. The quantitative estimate of drug-likeness (QED) is 0.420. The number of carbonyl (C=O) groups is 3. The number of H-pyrrole nitrogens is 1. The molecule has 39 heavy (non-hydrogen) atoms. The number of benzene rings is 1. The minimum Gasteiger partial charge on any atom is -0.444 e. The summed E-state index contributed by atoms with van der Waals surface area (Å²) in [6.45, 7) is 1.59. The maximum absolute atomic E-state index is 13.6. The van der Waals surface area contributed by atoms with Gasteiger partial charge in [0.05, 0.1) is 18.8 Å². The SMILES string of the molecule is CCCC(NC(=O)c1ccc(-c2cnco2)cc1)C(=O)N1CCC2C1C(=O)CN2S(=O)(=O)c1ccc[nH]c1=O. The second kappa shape index (κ2) is 10.6. The third-order valence-corrected chi connectivity index (χ3v) is 8.97. The smallest absolute Gasteiger partial charge is 0.268 e. The molecule has 2 aliphatic rings. The van der Waals surface area contributed by atoms with E-state index >= 15 is 0 Å². The lowest BCUT2D eigenvalue weighted by Crippen LogP contribution is -2.52. The van der Waals surface area contributed by atoms with Gasteiger partial charge in [0.25, 0.3) is 11.5 Å². The Bertz CT molecular complexity index is 1550. The Balaban J connectivity index is 1.32. The molecule has 0 saturated carbocycles. The molecule has 0 spiro atoms. The highest BCUT2D eigenvalue weighted by atomic mass is 32.2. The van der Waals surface area contributed by atoms with Gasteiger partial charge in [-0.15, -0.1) is 0 Å². The van der Waals surface area contributed by atoms with E-state index in [1.165, 1.54) is 29.6 Å². The number of pyridine rings is 1. The summed E-state index contributed by atoms with van der Waals surface area (Å²) in [5, 5.41) is 2.78. The first kappa shape index (κ1) is 26.5. The Kier molecular flexibility index (Phi) is 7.19. The minimum absolute atomic E-state index is 0.152. The molecule has 2 aromatic heterocycles. The van der Waals surface area contributed by atoms with E-state index < -0.39 is 62.7 Å². The molecule has 2 N–H and O–H groups in total. The average Bonchev–Trinajstić information content (AvgIpc) is 3.68. The number of aromatic nitrogens is 2. The summed E-state index contributed by atoms with van der Waals surface area (Å²) >= 11 is 0. The molecule has 3 unspecified atom stereocenters. The molecular formula is C26H27N5O7S. The fraction of sp³-hybridized carbons (Fsp3) is 0.346. The number of sulfonamides is 1. The lowest BCUT2D eigenvalue weighted by atomic mass is 10.1. The fourth-order valence-electron chi connectivity index (χ4n) is 5.21. The summed E-state index contributed by atoms with van der Waals surface area (Å²) < 4.78 is 32.8. The van der Waals surface area contributed by atoms with Crippen LogP contribution in [0.2, 0.25) is 0 Å². The zero-order valence-electron chi connectivity index (χ0n) is 21.1. The van der Waals surface area contributed by atoms with Gasteiger partial charge in [-0.3, -0.25) is 19.2 Å². The Morgan fingerprint density at radius 1 is 1.21 bits per heavy atom. The van der Waals surface area contributed by atoms with Crippen LogP contribution < -0.4 is 10.9 Å². The predicted octanol–water partition coefficient (Wildman–Crippen LogP) is 1.17. The summed E-state index contributed by atoms with van der Waals surface area (Å²) in [4.78, 5) is 58.9. The van der Waals surface area contributed by atoms with Crippen molar-refractivity contribution in [3.8, 4) is 11.3 Å². The van der Waals surface area contributed by atoms with Crippen molar-refractivity contribution in [1.82, 2.24) is 24.5 Å². The molecule has 3 atom stereocenters. The lowest BCUT2D eigenvalue weighted by molar-refractivity contribution is -0.138. The number of likely N-dealkylation sites (tertiary alicyclic amines) is 1. The van der Waals surface area contributed by atoms with Crippen LogP contribution in [0.25, 0.3) is 11.3 Å². The Morgan fingerprint density at radius 2 is 1.97 bits per heavy atom. The number of carbonyl (C=O) groups excluding carboxylic acids is 3. The molecule has 13 heteroatoms. The number of nitrogens with zero attached hydrogens (tertiary/aromatic N) is 3. The third-order valence-electron chi connectivity index (χ3n) is 7.07. The van der Waals surface area contributed by atoms with Crippen molar-refractivity contribution in [2.45, 2.75) is 49.2 Å². The first-order chi connectivity index (χ1) is 18.7. The molecule has 3 aromatic rings. The maximum atomic E-state index is 13.6. The summed E-state index contributed by atoms with van der Waals surface area (Å²) in [6, 6.07) is 6.57. The number of ketones is 1. The molecule has 0 bridgehead atoms. The van der Waals surface area contributed by atoms with Gasteiger partial charge < -0.3 is 19.6 Å². The topological polar surface area (TPSA) is 163 Å². The van der Waals surface area contributed by atoms with E-state index in [1.807, 2.05) is 6.92 Å². The van der Waals surface area contributed by atoms with Gasteiger partial charge in [-0.05, 0) is 37.1 Å². The van der Waals surface area contributed by atoms with E-state index in [2.05, 4.69) is 15.3 Å². The zero-order valence-corrected chi connectivity index (χ0v) is 21.9. The predicted molar refractivity (Wildman–Crippen MR) is 138 cm³/mol. The second-order valence-electron chi connectivity index (χ2n) is 9.47. The van der Waals surface area contributed by atoms with Crippen molar-refractivity contribution < 1.29 is 27.2 Å². The molecule has 2 fully saturated rings. The van der Waals surface area contributed by atoms with Crippen molar-refractivity contribution in [2.24, 2.45) is 0 Å². The van der Waals surface area contributed by atoms with Crippen LogP contribution in [0.4, 0.5) is 0 Å². The Labute approximate surface area is 224 Å². The van der Waals surface area contributed by atoms with Crippen LogP contribution in [0, 0.1) is 0 Å². The van der Waals surface area contributed by atoms with Gasteiger partial charge in [-0.1, -0.05) is 25.5 Å². The van der Waals surface area contributed by atoms with E-state index in [-0.39, 0.29) is 13.0 Å². The van der Waals surface area contributed by atoms with Crippen LogP contribution in [0.3, 0.4) is 0 Å². The van der Waals surface area contributed by atoms with Gasteiger partial charge >= 0.3 is 0 Å². The number of nitrogens with one attached hydrogen (secondary N) is 2. The Morgan fingerprint density at radius 3 is 2.64 bits per heavy atom. The first-order valence-corrected chi connectivity index (χ1v) is 14.0. The molecular weight excluding hydrogens is 526 g/mol. The molecule has 2 saturated heterocycles. The first-order valence-electron chi connectivity index (χ1n) is 12.5. The molecule has 1 aromatic carbocycles. The van der Waals surface area contributed by atoms with Crippen LogP contribution >= 0.6 is 0 Å². The van der Waals surface area contributed by atoms with Crippen molar-refractivity contribution in [3.63, 3.8) is 0 Å². The van der Waals surface area contributed by atoms with E-state index in [0.717, 1.165) is 9.87 Å². The van der Waals surface area contributed by atoms with E-state index in [1.54, 1.807) is 30.5 Å². The number of hydrogen-bond donors (Lipinski definition) is 2. The van der Waals surface area contributed by atoms with Crippen LogP contribution in [0.5, 0.6) is 0 Å². The molecule has 204 valence electrons. The summed E-state index contributed by atoms with van der Waals surface area (Å²) in [5.41, 5.74) is 0.303. The van der Waals surface area contributed by atoms with Gasteiger partial charge in [-0.25, -0.2) is 13.4 Å².